The van der Waals surface area contributed by atoms with E-state index < -0.39 is 10.9 Å². The third-order valence-electron chi connectivity index (χ3n) is 2.87. The number of fused-ring (bicyclic) bond motifs is 1. The van der Waals surface area contributed by atoms with E-state index in [1.807, 2.05) is 0 Å². The number of rotatable bonds is 4. The lowest BCUT2D eigenvalue weighted by Crippen LogP contribution is -2.08. The Morgan fingerprint density at radius 2 is 2.10 bits per heavy atom. The molecule has 104 valence electrons. The Labute approximate surface area is 115 Å². The molecule has 2 aromatic rings. The minimum Gasteiger partial charge on any atom is -0.496 e. The molecule has 6 heteroatoms. The molecule has 6 nitrogen and oxygen atoms in total. The predicted molar refractivity (Wildman–Crippen MR) is 73.1 cm³/mol. The van der Waals surface area contributed by atoms with Crippen LogP contribution in [-0.2, 0) is 4.74 Å². The molecule has 0 spiro atoms. The zero-order chi connectivity index (χ0) is 14.7. The van der Waals surface area contributed by atoms with Gasteiger partial charge in [-0.15, -0.1) is 0 Å². The number of benzene rings is 2. The van der Waals surface area contributed by atoms with Crippen LogP contribution in [-0.4, -0.2) is 24.6 Å². The summed E-state index contributed by atoms with van der Waals surface area (Å²) < 4.78 is 10.1. The van der Waals surface area contributed by atoms with Crippen LogP contribution in [0.5, 0.6) is 5.75 Å². The van der Waals surface area contributed by atoms with E-state index in [0.29, 0.717) is 16.5 Å². The molecule has 0 bridgehead atoms. The maximum Gasteiger partial charge on any atom is 0.345 e. The van der Waals surface area contributed by atoms with Crippen molar-refractivity contribution in [1.29, 1.82) is 0 Å². The Balaban J connectivity index is 2.73. The minimum atomic E-state index is -0.716. The molecule has 0 atom stereocenters. The zero-order valence-corrected chi connectivity index (χ0v) is 11.1. The van der Waals surface area contributed by atoms with Crippen LogP contribution in [0.4, 0.5) is 5.69 Å². The van der Waals surface area contributed by atoms with Gasteiger partial charge in [-0.2, -0.15) is 0 Å². The number of hydrogen-bond donors (Lipinski definition) is 0. The maximum atomic E-state index is 11.8. The van der Waals surface area contributed by atoms with E-state index in [1.54, 1.807) is 25.1 Å². The van der Waals surface area contributed by atoms with Crippen LogP contribution in [0.15, 0.2) is 30.3 Å². The first kappa shape index (κ1) is 13.8. The van der Waals surface area contributed by atoms with Crippen molar-refractivity contribution in [2.75, 3.05) is 13.7 Å². The molecule has 0 aliphatic carbocycles. The first-order chi connectivity index (χ1) is 9.58. The fourth-order valence-electron chi connectivity index (χ4n) is 1.99. The monoisotopic (exact) mass is 275 g/mol. The van der Waals surface area contributed by atoms with Gasteiger partial charge in [0.25, 0.3) is 5.69 Å². The van der Waals surface area contributed by atoms with E-state index >= 15 is 0 Å². The molecule has 20 heavy (non-hydrogen) atoms. The first-order valence-corrected chi connectivity index (χ1v) is 6.00. The summed E-state index contributed by atoms with van der Waals surface area (Å²) in [6, 6.07) is 7.96. The molecule has 0 aliphatic heterocycles. The summed E-state index contributed by atoms with van der Waals surface area (Å²) in [6.07, 6.45) is 0. The zero-order valence-electron chi connectivity index (χ0n) is 11.1. The molecule has 2 aromatic carbocycles. The molecule has 0 aliphatic rings. The highest BCUT2D eigenvalue weighted by Gasteiger charge is 2.23. The van der Waals surface area contributed by atoms with Crippen LogP contribution in [0.3, 0.4) is 0 Å². The topological polar surface area (TPSA) is 78.7 Å². The summed E-state index contributed by atoms with van der Waals surface area (Å²) in [5, 5.41) is 12.4. The molecular weight excluding hydrogens is 262 g/mol. The lowest BCUT2D eigenvalue weighted by Gasteiger charge is -2.08. The van der Waals surface area contributed by atoms with Crippen LogP contribution in [0.25, 0.3) is 10.8 Å². The molecule has 0 amide bonds. The summed E-state index contributed by atoms with van der Waals surface area (Å²) in [4.78, 5) is 22.3. The van der Waals surface area contributed by atoms with Crippen molar-refractivity contribution in [3.8, 4) is 5.75 Å². The van der Waals surface area contributed by atoms with E-state index in [-0.39, 0.29) is 17.9 Å². The number of nitro groups is 1. The second kappa shape index (κ2) is 5.56. The SMILES string of the molecule is CCOC(=O)c1cc2c(OC)cccc2cc1[N+](=O)[O-]. The van der Waals surface area contributed by atoms with Crippen molar-refractivity contribution >= 4 is 22.4 Å². The van der Waals surface area contributed by atoms with Crippen LogP contribution >= 0.6 is 0 Å². The molecule has 0 aromatic heterocycles. The lowest BCUT2D eigenvalue weighted by molar-refractivity contribution is -0.385. The van der Waals surface area contributed by atoms with E-state index in [2.05, 4.69) is 0 Å². The van der Waals surface area contributed by atoms with Crippen LogP contribution < -0.4 is 4.74 Å². The molecule has 0 unspecified atom stereocenters. The number of methoxy groups -OCH3 is 1. The van der Waals surface area contributed by atoms with Crippen molar-refractivity contribution in [3.63, 3.8) is 0 Å². The largest absolute Gasteiger partial charge is 0.496 e. The Morgan fingerprint density at radius 1 is 1.35 bits per heavy atom. The van der Waals surface area contributed by atoms with E-state index in [9.17, 15) is 14.9 Å². The Morgan fingerprint density at radius 3 is 2.70 bits per heavy atom. The van der Waals surface area contributed by atoms with Gasteiger partial charge in [-0.25, -0.2) is 4.79 Å². The smallest absolute Gasteiger partial charge is 0.345 e. The van der Waals surface area contributed by atoms with Crippen LogP contribution in [0, 0.1) is 10.1 Å². The van der Waals surface area contributed by atoms with Crippen molar-refractivity contribution in [3.05, 3.63) is 46.0 Å². The Bertz CT molecular complexity index is 681. The second-order valence-electron chi connectivity index (χ2n) is 4.03. The van der Waals surface area contributed by atoms with Crippen LogP contribution in [0.2, 0.25) is 0 Å². The fraction of sp³-hybridized carbons (Fsp3) is 0.214. The van der Waals surface area contributed by atoms with Gasteiger partial charge in [0, 0.05) is 11.5 Å². The van der Waals surface area contributed by atoms with Gasteiger partial charge < -0.3 is 9.47 Å². The average molecular weight is 275 g/mol. The molecular formula is C14H13NO5. The maximum absolute atomic E-state index is 11.8. The summed E-state index contributed by atoms with van der Waals surface area (Å²) in [5.41, 5.74) is -0.349. The normalized spacial score (nSPS) is 10.3. The highest BCUT2D eigenvalue weighted by atomic mass is 16.6. The standard InChI is InChI=1S/C14H13NO5/c1-3-20-14(16)11-8-10-9(7-12(11)15(17)18)5-4-6-13(10)19-2/h4-8H,3H2,1-2H3. The van der Waals surface area contributed by atoms with E-state index in [1.165, 1.54) is 19.2 Å². The van der Waals surface area contributed by atoms with Crippen molar-refractivity contribution in [2.24, 2.45) is 0 Å². The highest BCUT2D eigenvalue weighted by Crippen LogP contribution is 2.32. The molecule has 0 saturated carbocycles. The fourth-order valence-corrected chi connectivity index (χ4v) is 1.99. The third-order valence-corrected chi connectivity index (χ3v) is 2.87. The van der Waals surface area contributed by atoms with Crippen molar-refractivity contribution in [1.82, 2.24) is 0 Å². The summed E-state index contributed by atoms with van der Waals surface area (Å²) in [5.74, 6) is -0.171. The van der Waals surface area contributed by atoms with Gasteiger partial charge in [0.2, 0.25) is 0 Å². The highest BCUT2D eigenvalue weighted by molar-refractivity contribution is 6.01. The summed E-state index contributed by atoms with van der Waals surface area (Å²) in [6.45, 7) is 1.80. The Hall–Kier alpha value is -2.63. The number of esters is 1. The molecule has 0 saturated heterocycles. The number of nitrogens with zero attached hydrogens (tertiary/aromatic N) is 1. The molecule has 0 N–H and O–H groups in total. The molecule has 0 fully saturated rings. The first-order valence-electron chi connectivity index (χ1n) is 6.00. The van der Waals surface area contributed by atoms with Gasteiger partial charge in [0.1, 0.15) is 11.3 Å². The summed E-state index contributed by atoms with van der Waals surface area (Å²) >= 11 is 0. The van der Waals surface area contributed by atoms with Crippen molar-refractivity contribution in [2.45, 2.75) is 6.92 Å². The number of carbonyl (C=O) groups is 1. The third kappa shape index (κ3) is 2.40. The average Bonchev–Trinajstić information content (AvgIpc) is 2.45. The van der Waals surface area contributed by atoms with Crippen molar-refractivity contribution < 1.29 is 19.2 Å². The number of carbonyl (C=O) groups excluding carboxylic acids is 1. The second-order valence-corrected chi connectivity index (χ2v) is 4.03. The quantitative estimate of drug-likeness (QED) is 0.487. The predicted octanol–water partition coefficient (Wildman–Crippen LogP) is 2.93. The number of hydrogen-bond acceptors (Lipinski definition) is 5. The van der Waals surface area contributed by atoms with E-state index in [0.717, 1.165) is 0 Å². The minimum absolute atomic E-state index is 0.0751. The van der Waals surface area contributed by atoms with E-state index in [4.69, 9.17) is 9.47 Å². The lowest BCUT2D eigenvalue weighted by atomic mass is 10.0. The summed E-state index contributed by atoms with van der Waals surface area (Å²) in [7, 11) is 1.50. The molecule has 0 radical (unpaired) electrons. The van der Waals surface area contributed by atoms with Gasteiger partial charge in [-0.05, 0) is 24.4 Å². The Kier molecular flexibility index (Phi) is 3.84. The van der Waals surface area contributed by atoms with Crippen LogP contribution in [0.1, 0.15) is 17.3 Å². The van der Waals surface area contributed by atoms with Gasteiger partial charge >= 0.3 is 5.97 Å². The van der Waals surface area contributed by atoms with Gasteiger partial charge in [-0.1, -0.05) is 12.1 Å². The van der Waals surface area contributed by atoms with Gasteiger partial charge in [-0.3, -0.25) is 10.1 Å². The van der Waals surface area contributed by atoms with Gasteiger partial charge in [0.15, 0.2) is 0 Å². The molecule has 2 rings (SSSR count). The molecule has 0 heterocycles. The number of nitro benzene ring substituents is 1. The van der Waals surface area contributed by atoms with Gasteiger partial charge in [0.05, 0.1) is 18.6 Å². The number of ether oxygens (including phenoxy) is 2.